The van der Waals surface area contributed by atoms with Crippen molar-refractivity contribution in [1.82, 2.24) is 10.2 Å². The molecule has 33 heavy (non-hydrogen) atoms. The second-order valence-electron chi connectivity index (χ2n) is 8.48. The third-order valence-electron chi connectivity index (χ3n) is 6.13. The van der Waals surface area contributed by atoms with Crippen LogP contribution in [0.25, 0.3) is 0 Å². The van der Waals surface area contributed by atoms with Crippen LogP contribution in [0.3, 0.4) is 0 Å². The number of nitro groups is 1. The molecule has 8 heteroatoms. The predicted molar refractivity (Wildman–Crippen MR) is 128 cm³/mol. The number of nitrogens with one attached hydrogen (secondary N) is 1. The van der Waals surface area contributed by atoms with Gasteiger partial charge in [-0.15, -0.1) is 0 Å². The first-order valence-corrected chi connectivity index (χ1v) is 11.8. The molecule has 176 valence electrons. The lowest BCUT2D eigenvalue weighted by atomic mass is 9.95. The van der Waals surface area contributed by atoms with Crippen LogP contribution in [-0.4, -0.2) is 33.7 Å². The van der Waals surface area contributed by atoms with Crippen molar-refractivity contribution in [3.8, 4) is 0 Å². The van der Waals surface area contributed by atoms with Crippen molar-refractivity contribution in [1.29, 1.82) is 0 Å². The van der Waals surface area contributed by atoms with Crippen LogP contribution in [0.5, 0.6) is 0 Å². The van der Waals surface area contributed by atoms with Crippen molar-refractivity contribution >= 4 is 29.1 Å². The average molecular weight is 472 g/mol. The van der Waals surface area contributed by atoms with Gasteiger partial charge in [-0.05, 0) is 37.0 Å². The molecule has 1 unspecified atom stereocenters. The molecular formula is C25H30ClN3O4. The summed E-state index contributed by atoms with van der Waals surface area (Å²) in [6, 6.07) is 12.8. The van der Waals surface area contributed by atoms with Gasteiger partial charge in [0, 0.05) is 29.2 Å². The monoisotopic (exact) mass is 471 g/mol. The van der Waals surface area contributed by atoms with Gasteiger partial charge in [-0.2, -0.15) is 0 Å². The number of carbonyl (C=O) groups excluding carboxylic acids is 2. The molecule has 1 N–H and O–H groups in total. The van der Waals surface area contributed by atoms with Crippen LogP contribution in [0, 0.1) is 10.1 Å². The van der Waals surface area contributed by atoms with E-state index in [1.165, 1.54) is 17.4 Å². The maximum atomic E-state index is 13.5. The van der Waals surface area contributed by atoms with Crippen LogP contribution >= 0.6 is 11.6 Å². The number of carbonyl (C=O) groups is 2. The van der Waals surface area contributed by atoms with Gasteiger partial charge in [0.25, 0.3) is 5.69 Å². The summed E-state index contributed by atoms with van der Waals surface area (Å²) in [5.74, 6) is -0.501. The Hall–Kier alpha value is -2.93. The third-order valence-corrected chi connectivity index (χ3v) is 6.39. The normalized spacial score (nSPS) is 15.0. The number of nitro benzene ring substituents is 1. The molecular weight excluding hydrogens is 442 g/mol. The Morgan fingerprint density at radius 2 is 1.79 bits per heavy atom. The number of nitrogens with zero attached hydrogens (tertiary/aromatic N) is 2. The van der Waals surface area contributed by atoms with Gasteiger partial charge in [-0.3, -0.25) is 19.7 Å². The smallest absolute Gasteiger partial charge is 0.273 e. The Bertz CT molecular complexity index is 974. The van der Waals surface area contributed by atoms with Crippen LogP contribution < -0.4 is 5.32 Å². The molecule has 7 nitrogen and oxygen atoms in total. The molecule has 0 radical (unpaired) electrons. The molecule has 1 aliphatic carbocycles. The number of hydrogen-bond acceptors (Lipinski definition) is 4. The van der Waals surface area contributed by atoms with E-state index in [0.717, 1.165) is 31.2 Å². The number of halogens is 1. The van der Waals surface area contributed by atoms with E-state index in [4.69, 9.17) is 11.6 Å². The summed E-state index contributed by atoms with van der Waals surface area (Å²) in [6.07, 6.45) is 5.54. The molecule has 0 spiro atoms. The first kappa shape index (κ1) is 24.7. The number of para-hydroxylation sites is 1. The molecule has 1 atom stereocenters. The molecule has 2 aromatic rings. The van der Waals surface area contributed by atoms with Gasteiger partial charge >= 0.3 is 0 Å². The van der Waals surface area contributed by atoms with Crippen LogP contribution in [-0.2, 0) is 22.6 Å². The van der Waals surface area contributed by atoms with Crippen LogP contribution in [0.2, 0.25) is 5.02 Å². The Morgan fingerprint density at radius 3 is 2.42 bits per heavy atom. The fourth-order valence-corrected chi connectivity index (χ4v) is 4.48. The molecule has 1 fully saturated rings. The zero-order valence-corrected chi connectivity index (χ0v) is 19.6. The quantitative estimate of drug-likeness (QED) is 0.409. The van der Waals surface area contributed by atoms with E-state index >= 15 is 0 Å². The molecule has 2 aromatic carbocycles. The minimum absolute atomic E-state index is 0.100. The van der Waals surface area contributed by atoms with Gasteiger partial charge in [0.1, 0.15) is 6.04 Å². The van der Waals surface area contributed by atoms with Gasteiger partial charge in [0.2, 0.25) is 11.8 Å². The van der Waals surface area contributed by atoms with Crippen molar-refractivity contribution in [2.24, 2.45) is 0 Å². The highest BCUT2D eigenvalue weighted by Crippen LogP contribution is 2.22. The molecule has 0 aliphatic heterocycles. The Balaban J connectivity index is 1.85. The number of rotatable bonds is 9. The third kappa shape index (κ3) is 6.78. The fraction of sp³-hybridized carbons (Fsp3) is 0.440. The van der Waals surface area contributed by atoms with Gasteiger partial charge in [-0.25, -0.2) is 0 Å². The van der Waals surface area contributed by atoms with Crippen molar-refractivity contribution in [2.45, 2.75) is 70.5 Å². The minimum Gasteiger partial charge on any atom is -0.352 e. The summed E-state index contributed by atoms with van der Waals surface area (Å²) in [5.41, 5.74) is 1.06. The Morgan fingerprint density at radius 1 is 1.12 bits per heavy atom. The van der Waals surface area contributed by atoms with Crippen molar-refractivity contribution < 1.29 is 14.5 Å². The molecule has 1 aliphatic rings. The molecule has 0 saturated heterocycles. The summed E-state index contributed by atoms with van der Waals surface area (Å²) >= 11 is 6.01. The standard InChI is InChI=1S/C25H30ClN3O4/c1-2-22(25(31)27-21-9-4-3-5-10-21)28(17-18-12-14-20(26)15-13-18)24(30)16-19-8-6-7-11-23(19)29(32)33/h6-8,11-15,21-22H,2-5,9-10,16-17H2,1H3,(H,27,31). The predicted octanol–water partition coefficient (Wildman–Crippen LogP) is 5.05. The van der Waals surface area contributed by atoms with E-state index in [1.807, 2.05) is 19.1 Å². The topological polar surface area (TPSA) is 92.6 Å². The van der Waals surface area contributed by atoms with E-state index in [-0.39, 0.29) is 36.5 Å². The first-order chi connectivity index (χ1) is 15.9. The lowest BCUT2D eigenvalue weighted by Gasteiger charge is -2.33. The fourth-order valence-electron chi connectivity index (χ4n) is 4.35. The van der Waals surface area contributed by atoms with Gasteiger partial charge < -0.3 is 10.2 Å². The van der Waals surface area contributed by atoms with E-state index in [2.05, 4.69) is 5.32 Å². The summed E-state index contributed by atoms with van der Waals surface area (Å²) in [4.78, 5) is 39.2. The molecule has 0 bridgehead atoms. The van der Waals surface area contributed by atoms with Crippen molar-refractivity contribution in [3.05, 3.63) is 74.8 Å². The highest BCUT2D eigenvalue weighted by Gasteiger charge is 2.31. The van der Waals surface area contributed by atoms with E-state index < -0.39 is 11.0 Å². The number of benzene rings is 2. The second-order valence-corrected chi connectivity index (χ2v) is 8.91. The number of hydrogen-bond donors (Lipinski definition) is 1. The zero-order valence-electron chi connectivity index (χ0n) is 18.8. The van der Waals surface area contributed by atoms with E-state index in [0.29, 0.717) is 17.0 Å². The summed E-state index contributed by atoms with van der Waals surface area (Å²) in [5, 5.41) is 15.1. The van der Waals surface area contributed by atoms with E-state index in [9.17, 15) is 19.7 Å². The maximum absolute atomic E-state index is 13.5. The summed E-state index contributed by atoms with van der Waals surface area (Å²) < 4.78 is 0. The summed E-state index contributed by atoms with van der Waals surface area (Å²) in [7, 11) is 0. The number of amides is 2. The molecule has 2 amide bonds. The summed E-state index contributed by atoms with van der Waals surface area (Å²) in [6.45, 7) is 2.09. The Labute approximate surface area is 199 Å². The maximum Gasteiger partial charge on any atom is 0.273 e. The van der Waals surface area contributed by atoms with E-state index in [1.54, 1.807) is 30.3 Å². The zero-order chi connectivity index (χ0) is 23.8. The highest BCUT2D eigenvalue weighted by atomic mass is 35.5. The SMILES string of the molecule is CCC(C(=O)NC1CCCCC1)N(Cc1ccc(Cl)cc1)C(=O)Cc1ccccc1[N+](=O)[O-]. The Kier molecular flexibility index (Phi) is 8.83. The van der Waals surface area contributed by atoms with Gasteiger partial charge in [0.05, 0.1) is 11.3 Å². The van der Waals surface area contributed by atoms with Crippen LogP contribution in [0.1, 0.15) is 56.6 Å². The minimum atomic E-state index is -0.669. The van der Waals surface area contributed by atoms with Crippen LogP contribution in [0.4, 0.5) is 5.69 Å². The van der Waals surface area contributed by atoms with Gasteiger partial charge in [-0.1, -0.05) is 68.1 Å². The van der Waals surface area contributed by atoms with Crippen LogP contribution in [0.15, 0.2) is 48.5 Å². The average Bonchev–Trinajstić information content (AvgIpc) is 2.81. The lowest BCUT2D eigenvalue weighted by molar-refractivity contribution is -0.385. The van der Waals surface area contributed by atoms with Gasteiger partial charge in [0.15, 0.2) is 0 Å². The lowest BCUT2D eigenvalue weighted by Crippen LogP contribution is -2.52. The second kappa shape index (κ2) is 11.8. The highest BCUT2D eigenvalue weighted by molar-refractivity contribution is 6.30. The molecule has 0 aromatic heterocycles. The van der Waals surface area contributed by atoms with Crippen molar-refractivity contribution in [3.63, 3.8) is 0 Å². The van der Waals surface area contributed by atoms with Crippen molar-refractivity contribution in [2.75, 3.05) is 0 Å². The first-order valence-electron chi connectivity index (χ1n) is 11.5. The molecule has 0 heterocycles. The largest absolute Gasteiger partial charge is 0.352 e. The molecule has 3 rings (SSSR count). The molecule has 1 saturated carbocycles.